The van der Waals surface area contributed by atoms with E-state index in [1.54, 1.807) is 0 Å². The second-order valence-electron chi connectivity index (χ2n) is 3.27. The van der Waals surface area contributed by atoms with E-state index in [0.717, 1.165) is 12.3 Å². The number of rotatable bonds is 3. The molecule has 0 spiro atoms. The molecule has 0 amide bonds. The smallest absolute Gasteiger partial charge is 0.150 e. The standard InChI is InChI=1S/C9H10ClFO3S/c1-15(13,14)5-9(12)7-3-2-6(10)4-8(7)11/h2-4,9,12H,5H2,1H3. The minimum atomic E-state index is -3.35. The highest BCUT2D eigenvalue weighted by Gasteiger charge is 2.17. The van der Waals surface area contributed by atoms with Gasteiger partial charge in [0.25, 0.3) is 0 Å². The zero-order valence-corrected chi connectivity index (χ0v) is 9.52. The molecule has 0 saturated carbocycles. The highest BCUT2D eigenvalue weighted by molar-refractivity contribution is 7.90. The molecule has 1 unspecified atom stereocenters. The van der Waals surface area contributed by atoms with Crippen molar-refractivity contribution < 1.29 is 17.9 Å². The third-order valence-corrected chi connectivity index (χ3v) is 2.94. The van der Waals surface area contributed by atoms with E-state index >= 15 is 0 Å². The Labute approximate surface area is 92.4 Å². The van der Waals surface area contributed by atoms with Gasteiger partial charge in [-0.25, -0.2) is 12.8 Å². The largest absolute Gasteiger partial charge is 0.387 e. The van der Waals surface area contributed by atoms with Crippen LogP contribution in [0.15, 0.2) is 18.2 Å². The average Bonchev–Trinajstić information content (AvgIpc) is 1.99. The van der Waals surface area contributed by atoms with Gasteiger partial charge in [0.05, 0.1) is 11.9 Å². The van der Waals surface area contributed by atoms with E-state index in [4.69, 9.17) is 11.6 Å². The molecule has 1 aromatic carbocycles. The van der Waals surface area contributed by atoms with Gasteiger partial charge in [0, 0.05) is 16.8 Å². The highest BCUT2D eigenvalue weighted by atomic mass is 35.5. The normalized spacial score (nSPS) is 13.9. The van der Waals surface area contributed by atoms with Crippen LogP contribution in [0.4, 0.5) is 4.39 Å². The van der Waals surface area contributed by atoms with Crippen LogP contribution in [0.5, 0.6) is 0 Å². The second kappa shape index (κ2) is 4.47. The lowest BCUT2D eigenvalue weighted by atomic mass is 10.1. The van der Waals surface area contributed by atoms with Gasteiger partial charge in [0.15, 0.2) is 0 Å². The summed E-state index contributed by atoms with van der Waals surface area (Å²) >= 11 is 5.51. The van der Waals surface area contributed by atoms with Crippen LogP contribution in [0.1, 0.15) is 11.7 Å². The molecular weight excluding hydrogens is 243 g/mol. The number of sulfone groups is 1. The molecule has 0 fully saturated rings. The van der Waals surface area contributed by atoms with Crippen molar-refractivity contribution in [2.45, 2.75) is 6.10 Å². The summed E-state index contributed by atoms with van der Waals surface area (Å²) in [6.07, 6.45) is -0.387. The molecule has 84 valence electrons. The van der Waals surface area contributed by atoms with Crippen LogP contribution >= 0.6 is 11.6 Å². The minimum Gasteiger partial charge on any atom is -0.387 e. The van der Waals surface area contributed by atoms with E-state index in [0.29, 0.717) is 0 Å². The van der Waals surface area contributed by atoms with Gasteiger partial charge in [-0.1, -0.05) is 17.7 Å². The summed E-state index contributed by atoms with van der Waals surface area (Å²) in [5.41, 5.74) is -0.0650. The van der Waals surface area contributed by atoms with Gasteiger partial charge < -0.3 is 5.11 Å². The topological polar surface area (TPSA) is 54.4 Å². The van der Waals surface area contributed by atoms with Crippen molar-refractivity contribution >= 4 is 21.4 Å². The van der Waals surface area contributed by atoms with Crippen molar-refractivity contribution in [3.05, 3.63) is 34.6 Å². The number of halogens is 2. The Hall–Kier alpha value is -0.650. The van der Waals surface area contributed by atoms with Crippen LogP contribution in [0.3, 0.4) is 0 Å². The molecule has 1 aromatic rings. The molecule has 0 heterocycles. The van der Waals surface area contributed by atoms with E-state index in [1.165, 1.54) is 12.1 Å². The first-order chi connectivity index (χ1) is 6.79. The maximum Gasteiger partial charge on any atom is 0.150 e. The van der Waals surface area contributed by atoms with Crippen LogP contribution in [-0.4, -0.2) is 25.5 Å². The molecule has 1 N–H and O–H groups in total. The van der Waals surface area contributed by atoms with Gasteiger partial charge in [-0.05, 0) is 12.1 Å². The SMILES string of the molecule is CS(=O)(=O)CC(O)c1ccc(Cl)cc1F. The molecule has 0 aliphatic carbocycles. The van der Waals surface area contributed by atoms with Gasteiger partial charge in [0.1, 0.15) is 15.7 Å². The van der Waals surface area contributed by atoms with Gasteiger partial charge in [0.2, 0.25) is 0 Å². The second-order valence-corrected chi connectivity index (χ2v) is 5.90. The molecule has 0 aliphatic heterocycles. The number of aliphatic hydroxyl groups excluding tert-OH is 1. The maximum atomic E-state index is 13.2. The van der Waals surface area contributed by atoms with E-state index in [1.807, 2.05) is 0 Å². The van der Waals surface area contributed by atoms with Crippen LogP contribution in [0.2, 0.25) is 5.02 Å². The van der Waals surface area contributed by atoms with Crippen molar-refractivity contribution in [2.75, 3.05) is 12.0 Å². The first kappa shape index (κ1) is 12.4. The maximum absolute atomic E-state index is 13.2. The molecular formula is C9H10ClFO3S. The lowest BCUT2D eigenvalue weighted by Crippen LogP contribution is -2.13. The number of hydrogen-bond donors (Lipinski definition) is 1. The molecule has 1 atom stereocenters. The van der Waals surface area contributed by atoms with E-state index < -0.39 is 27.5 Å². The zero-order valence-electron chi connectivity index (χ0n) is 7.94. The lowest BCUT2D eigenvalue weighted by molar-refractivity contribution is 0.197. The Morgan fingerprint density at radius 1 is 1.53 bits per heavy atom. The Balaban J connectivity index is 2.97. The minimum absolute atomic E-state index is 0.0650. The van der Waals surface area contributed by atoms with Gasteiger partial charge in [-0.3, -0.25) is 0 Å². The molecule has 0 bridgehead atoms. The van der Waals surface area contributed by atoms with Crippen molar-refractivity contribution in [1.82, 2.24) is 0 Å². The molecule has 0 aromatic heterocycles. The quantitative estimate of drug-likeness (QED) is 0.888. The Morgan fingerprint density at radius 2 is 2.13 bits per heavy atom. The summed E-state index contributed by atoms with van der Waals surface area (Å²) in [4.78, 5) is 0. The first-order valence-corrected chi connectivity index (χ1v) is 6.54. The van der Waals surface area contributed by atoms with Crippen molar-refractivity contribution in [3.8, 4) is 0 Å². The Kier molecular flexibility index (Phi) is 3.70. The number of aliphatic hydroxyl groups is 1. The zero-order chi connectivity index (χ0) is 11.6. The molecule has 6 heteroatoms. The molecule has 15 heavy (non-hydrogen) atoms. The summed E-state index contributed by atoms with van der Waals surface area (Å²) in [5.74, 6) is -1.22. The third-order valence-electron chi connectivity index (χ3n) is 1.78. The number of hydrogen-bond acceptors (Lipinski definition) is 3. The van der Waals surface area contributed by atoms with Gasteiger partial charge >= 0.3 is 0 Å². The van der Waals surface area contributed by atoms with Crippen LogP contribution < -0.4 is 0 Å². The number of benzene rings is 1. The van der Waals surface area contributed by atoms with Crippen molar-refractivity contribution in [3.63, 3.8) is 0 Å². The molecule has 0 saturated heterocycles. The van der Waals surface area contributed by atoms with Crippen LogP contribution in [0.25, 0.3) is 0 Å². The van der Waals surface area contributed by atoms with Crippen molar-refractivity contribution in [1.29, 1.82) is 0 Å². The first-order valence-electron chi connectivity index (χ1n) is 4.10. The fourth-order valence-electron chi connectivity index (χ4n) is 1.15. The molecule has 1 rings (SSSR count). The summed E-state index contributed by atoms with van der Waals surface area (Å²) in [6.45, 7) is 0. The molecule has 0 aliphatic rings. The fraction of sp³-hybridized carbons (Fsp3) is 0.333. The monoisotopic (exact) mass is 252 g/mol. The third kappa shape index (κ3) is 3.77. The van der Waals surface area contributed by atoms with E-state index in [9.17, 15) is 17.9 Å². The molecule has 0 radical (unpaired) electrons. The summed E-state index contributed by atoms with van der Waals surface area (Å²) < 4.78 is 35.0. The summed E-state index contributed by atoms with van der Waals surface area (Å²) in [7, 11) is -3.35. The Bertz CT molecular complexity index is 458. The van der Waals surface area contributed by atoms with Crippen LogP contribution in [0, 0.1) is 5.82 Å². The predicted octanol–water partition coefficient (Wildman–Crippen LogP) is 1.56. The van der Waals surface area contributed by atoms with Gasteiger partial charge in [-0.15, -0.1) is 0 Å². The van der Waals surface area contributed by atoms with Crippen LogP contribution in [-0.2, 0) is 9.84 Å². The lowest BCUT2D eigenvalue weighted by Gasteiger charge is -2.10. The Morgan fingerprint density at radius 3 is 2.60 bits per heavy atom. The van der Waals surface area contributed by atoms with E-state index in [2.05, 4.69) is 0 Å². The summed E-state index contributed by atoms with van der Waals surface area (Å²) in [6, 6.07) is 3.70. The molecule has 3 nitrogen and oxygen atoms in total. The van der Waals surface area contributed by atoms with Crippen molar-refractivity contribution in [2.24, 2.45) is 0 Å². The van der Waals surface area contributed by atoms with E-state index in [-0.39, 0.29) is 10.6 Å². The highest BCUT2D eigenvalue weighted by Crippen LogP contribution is 2.21. The van der Waals surface area contributed by atoms with Gasteiger partial charge in [-0.2, -0.15) is 0 Å². The average molecular weight is 253 g/mol. The summed E-state index contributed by atoms with van der Waals surface area (Å²) in [5, 5.41) is 9.66. The fourth-order valence-corrected chi connectivity index (χ4v) is 2.06. The predicted molar refractivity (Wildman–Crippen MR) is 56.1 cm³/mol.